The molecule has 3 rings (SSSR count). The first-order valence-electron chi connectivity index (χ1n) is 7.19. The predicted molar refractivity (Wildman–Crippen MR) is 89.5 cm³/mol. The molecule has 2 aromatic rings. The molecule has 1 amide bonds. The minimum absolute atomic E-state index is 0.106. The van der Waals surface area contributed by atoms with Gasteiger partial charge in [-0.2, -0.15) is 0 Å². The van der Waals surface area contributed by atoms with Crippen molar-refractivity contribution in [2.75, 3.05) is 5.32 Å². The number of carbonyl (C=O) groups excluding carboxylic acids is 1. The molecule has 0 aromatic heterocycles. The van der Waals surface area contributed by atoms with Crippen LogP contribution in [0.1, 0.15) is 29.0 Å². The normalized spacial score (nSPS) is 20.1. The van der Waals surface area contributed by atoms with Gasteiger partial charge in [-0.1, -0.05) is 46.3 Å². The Hall–Kier alpha value is -1.61. The molecule has 0 bridgehead atoms. The molecule has 2 atom stereocenters. The summed E-state index contributed by atoms with van der Waals surface area (Å²) in [5.74, 6) is 0.620. The van der Waals surface area contributed by atoms with E-state index >= 15 is 0 Å². The highest BCUT2D eigenvalue weighted by Crippen LogP contribution is 2.48. The zero-order valence-corrected chi connectivity index (χ0v) is 13.8. The second kappa shape index (κ2) is 5.64. The molecule has 0 saturated heterocycles. The van der Waals surface area contributed by atoms with Crippen molar-refractivity contribution in [3.63, 3.8) is 0 Å². The van der Waals surface area contributed by atoms with E-state index in [4.69, 9.17) is 0 Å². The van der Waals surface area contributed by atoms with Gasteiger partial charge in [0.1, 0.15) is 0 Å². The molecule has 1 fully saturated rings. The van der Waals surface area contributed by atoms with Crippen LogP contribution in [-0.4, -0.2) is 5.91 Å². The third kappa shape index (κ3) is 3.03. The number of aryl methyl sites for hydroxylation is 2. The van der Waals surface area contributed by atoms with Crippen molar-refractivity contribution in [1.29, 1.82) is 0 Å². The van der Waals surface area contributed by atoms with E-state index in [0.717, 1.165) is 27.7 Å². The molecule has 1 saturated carbocycles. The van der Waals surface area contributed by atoms with Crippen LogP contribution >= 0.6 is 15.9 Å². The number of hydrogen-bond acceptors (Lipinski definition) is 1. The maximum Gasteiger partial charge on any atom is 0.228 e. The number of rotatable bonds is 3. The van der Waals surface area contributed by atoms with Gasteiger partial charge in [-0.15, -0.1) is 0 Å². The summed E-state index contributed by atoms with van der Waals surface area (Å²) >= 11 is 3.48. The maximum absolute atomic E-state index is 12.4. The van der Waals surface area contributed by atoms with Crippen molar-refractivity contribution >= 4 is 27.5 Å². The summed E-state index contributed by atoms with van der Waals surface area (Å²) in [7, 11) is 0. The second-order valence-corrected chi connectivity index (χ2v) is 6.68. The van der Waals surface area contributed by atoms with E-state index in [0.29, 0.717) is 5.92 Å². The summed E-state index contributed by atoms with van der Waals surface area (Å²) in [5.41, 5.74) is 4.39. The molecule has 21 heavy (non-hydrogen) atoms. The van der Waals surface area contributed by atoms with Crippen molar-refractivity contribution in [3.8, 4) is 0 Å². The Morgan fingerprint density at radius 3 is 2.38 bits per heavy atom. The van der Waals surface area contributed by atoms with Crippen molar-refractivity contribution in [2.45, 2.75) is 26.2 Å². The van der Waals surface area contributed by atoms with Gasteiger partial charge in [-0.05, 0) is 55.0 Å². The molecule has 0 aliphatic heterocycles. The number of amides is 1. The second-order valence-electron chi connectivity index (χ2n) is 5.76. The SMILES string of the molecule is Cc1cc(Br)cc(C)c1NC(=O)[C@H]1C[C@@H]1c1ccccc1. The molecule has 1 aliphatic carbocycles. The molecule has 3 heteroatoms. The van der Waals surface area contributed by atoms with Gasteiger partial charge in [0, 0.05) is 16.1 Å². The Morgan fingerprint density at radius 1 is 1.14 bits per heavy atom. The van der Waals surface area contributed by atoms with E-state index in [9.17, 15) is 4.79 Å². The lowest BCUT2D eigenvalue weighted by atomic mass is 10.1. The lowest BCUT2D eigenvalue weighted by molar-refractivity contribution is -0.117. The zero-order chi connectivity index (χ0) is 15.0. The van der Waals surface area contributed by atoms with Crippen molar-refractivity contribution in [3.05, 3.63) is 63.6 Å². The van der Waals surface area contributed by atoms with Gasteiger partial charge < -0.3 is 5.32 Å². The number of nitrogens with one attached hydrogen (secondary N) is 1. The van der Waals surface area contributed by atoms with Crippen molar-refractivity contribution in [1.82, 2.24) is 0 Å². The van der Waals surface area contributed by atoms with Crippen LogP contribution in [0.2, 0.25) is 0 Å². The van der Waals surface area contributed by atoms with Crippen LogP contribution in [0, 0.1) is 19.8 Å². The van der Waals surface area contributed by atoms with Crippen LogP contribution in [0.4, 0.5) is 5.69 Å². The van der Waals surface area contributed by atoms with Crippen LogP contribution in [0.5, 0.6) is 0 Å². The Morgan fingerprint density at radius 2 is 1.76 bits per heavy atom. The number of halogens is 1. The smallest absolute Gasteiger partial charge is 0.228 e. The van der Waals surface area contributed by atoms with E-state index in [-0.39, 0.29) is 11.8 Å². The molecule has 0 spiro atoms. The summed E-state index contributed by atoms with van der Waals surface area (Å²) < 4.78 is 1.05. The fourth-order valence-corrected chi connectivity index (χ4v) is 3.56. The summed E-state index contributed by atoms with van der Waals surface area (Å²) in [6.45, 7) is 4.05. The summed E-state index contributed by atoms with van der Waals surface area (Å²) in [4.78, 5) is 12.4. The van der Waals surface area contributed by atoms with Gasteiger partial charge in [0.05, 0.1) is 0 Å². The fourth-order valence-electron chi connectivity index (χ4n) is 2.88. The monoisotopic (exact) mass is 343 g/mol. The molecule has 2 nitrogen and oxygen atoms in total. The van der Waals surface area contributed by atoms with E-state index in [2.05, 4.69) is 33.4 Å². The van der Waals surface area contributed by atoms with E-state index in [1.807, 2.05) is 44.2 Å². The minimum atomic E-state index is 0.106. The molecule has 2 aromatic carbocycles. The van der Waals surface area contributed by atoms with E-state index in [1.54, 1.807) is 0 Å². The van der Waals surface area contributed by atoms with Crippen LogP contribution in [-0.2, 0) is 4.79 Å². The van der Waals surface area contributed by atoms with Crippen LogP contribution in [0.3, 0.4) is 0 Å². The van der Waals surface area contributed by atoms with Gasteiger partial charge in [0.2, 0.25) is 5.91 Å². The average Bonchev–Trinajstić information content (AvgIpc) is 3.24. The Kier molecular flexibility index (Phi) is 3.85. The third-order valence-electron chi connectivity index (χ3n) is 4.10. The predicted octanol–water partition coefficient (Wildman–Crippen LogP) is 4.81. The Bertz CT molecular complexity index is 658. The molecular weight excluding hydrogens is 326 g/mol. The number of benzene rings is 2. The summed E-state index contributed by atoms with van der Waals surface area (Å²) in [6.07, 6.45) is 0.949. The standard InChI is InChI=1S/C18H18BrNO/c1-11-8-14(19)9-12(2)17(11)20-18(21)16-10-15(16)13-6-4-3-5-7-13/h3-9,15-16H,10H2,1-2H3,(H,20,21)/t15-,16+/m1/s1. The van der Waals surface area contributed by atoms with Gasteiger partial charge in [0.25, 0.3) is 0 Å². The first-order valence-corrected chi connectivity index (χ1v) is 7.98. The average molecular weight is 344 g/mol. The molecule has 0 heterocycles. The Balaban J connectivity index is 1.72. The maximum atomic E-state index is 12.4. The molecule has 1 aliphatic rings. The quantitative estimate of drug-likeness (QED) is 0.851. The molecular formula is C18H18BrNO. The fraction of sp³-hybridized carbons (Fsp3) is 0.278. The molecule has 0 radical (unpaired) electrons. The summed E-state index contributed by atoms with van der Waals surface area (Å²) in [5, 5.41) is 3.11. The van der Waals surface area contributed by atoms with Crippen molar-refractivity contribution < 1.29 is 4.79 Å². The highest BCUT2D eigenvalue weighted by Gasteiger charge is 2.43. The molecule has 108 valence electrons. The first-order chi connectivity index (χ1) is 10.1. The van der Waals surface area contributed by atoms with Gasteiger partial charge in [-0.25, -0.2) is 0 Å². The van der Waals surface area contributed by atoms with Gasteiger partial charge >= 0.3 is 0 Å². The van der Waals surface area contributed by atoms with Gasteiger partial charge in [0.15, 0.2) is 0 Å². The number of anilines is 1. The zero-order valence-electron chi connectivity index (χ0n) is 12.2. The van der Waals surface area contributed by atoms with E-state index < -0.39 is 0 Å². The highest BCUT2D eigenvalue weighted by atomic mass is 79.9. The third-order valence-corrected chi connectivity index (χ3v) is 4.56. The topological polar surface area (TPSA) is 29.1 Å². The van der Waals surface area contributed by atoms with Crippen LogP contribution in [0.15, 0.2) is 46.9 Å². The lowest BCUT2D eigenvalue weighted by Gasteiger charge is -2.12. The van der Waals surface area contributed by atoms with Crippen LogP contribution < -0.4 is 5.32 Å². The molecule has 1 N–H and O–H groups in total. The van der Waals surface area contributed by atoms with Gasteiger partial charge in [-0.3, -0.25) is 4.79 Å². The minimum Gasteiger partial charge on any atom is -0.325 e. The molecule has 0 unspecified atom stereocenters. The van der Waals surface area contributed by atoms with Crippen LogP contribution in [0.25, 0.3) is 0 Å². The Labute approximate surface area is 133 Å². The highest BCUT2D eigenvalue weighted by molar-refractivity contribution is 9.10. The van der Waals surface area contributed by atoms with E-state index in [1.165, 1.54) is 5.56 Å². The number of carbonyl (C=O) groups is 1. The number of hydrogen-bond donors (Lipinski definition) is 1. The lowest BCUT2D eigenvalue weighted by Crippen LogP contribution is -2.16. The van der Waals surface area contributed by atoms with Crippen molar-refractivity contribution in [2.24, 2.45) is 5.92 Å². The summed E-state index contributed by atoms with van der Waals surface area (Å²) in [6, 6.07) is 14.4. The largest absolute Gasteiger partial charge is 0.325 e. The first kappa shape index (κ1) is 14.3.